The van der Waals surface area contributed by atoms with Crippen molar-refractivity contribution in [3.05, 3.63) is 29.8 Å². The van der Waals surface area contributed by atoms with E-state index in [-0.39, 0.29) is 11.7 Å². The number of ether oxygens (including phenoxy) is 2. The van der Waals surface area contributed by atoms with Gasteiger partial charge in [0, 0.05) is 13.1 Å². The zero-order valence-corrected chi connectivity index (χ0v) is 13.8. The van der Waals surface area contributed by atoms with Crippen LogP contribution in [0.3, 0.4) is 0 Å². The molecule has 0 spiro atoms. The van der Waals surface area contributed by atoms with Crippen LogP contribution in [0.4, 0.5) is 4.79 Å². The number of methoxy groups -OCH3 is 1. The van der Waals surface area contributed by atoms with Gasteiger partial charge in [-0.05, 0) is 52.2 Å². The molecule has 0 bridgehead atoms. The number of hydrogen-bond donors (Lipinski definition) is 0. The fourth-order valence-corrected chi connectivity index (χ4v) is 2.01. The van der Waals surface area contributed by atoms with Crippen LogP contribution in [-0.4, -0.2) is 36.8 Å². The molecule has 1 aliphatic heterocycles. The molecule has 1 heterocycles. The van der Waals surface area contributed by atoms with Gasteiger partial charge in [0.15, 0.2) is 0 Å². The summed E-state index contributed by atoms with van der Waals surface area (Å²) < 4.78 is 10.3. The van der Waals surface area contributed by atoms with Gasteiger partial charge in [-0.3, -0.25) is 0 Å². The molecule has 1 aliphatic rings. The molecule has 1 amide bonds. The van der Waals surface area contributed by atoms with E-state index in [1.807, 2.05) is 52.0 Å². The minimum absolute atomic E-state index is 0.167. The quantitative estimate of drug-likeness (QED) is 0.785. The topological polar surface area (TPSA) is 38.8 Å². The van der Waals surface area contributed by atoms with E-state index in [0.717, 1.165) is 31.7 Å². The number of nitrogens with zero attached hydrogens (tertiary/aromatic N) is 1. The number of likely N-dealkylation sites (tertiary alicyclic amines) is 1. The molecule has 2 rings (SSSR count). The predicted octanol–water partition coefficient (Wildman–Crippen LogP) is 4.02. The monoisotopic (exact) mass is 293 g/mol. The van der Waals surface area contributed by atoms with E-state index in [1.165, 1.54) is 5.56 Å². The van der Waals surface area contributed by atoms with E-state index >= 15 is 0 Å². The summed E-state index contributed by atoms with van der Waals surface area (Å²) in [6.07, 6.45) is 2.05. The van der Waals surface area contributed by atoms with Crippen molar-refractivity contribution in [3.63, 3.8) is 0 Å². The third kappa shape index (κ3) is 6.52. The second-order valence-corrected chi connectivity index (χ2v) is 6.14. The lowest BCUT2D eigenvalue weighted by Gasteiger charge is -2.23. The number of hydrogen-bond acceptors (Lipinski definition) is 3. The number of carbonyl (C=O) groups is 1. The number of amides is 1. The molecule has 0 aromatic heterocycles. The lowest BCUT2D eigenvalue weighted by molar-refractivity contribution is 0.0295. The fourth-order valence-electron chi connectivity index (χ4n) is 2.01. The molecular weight excluding hydrogens is 266 g/mol. The second-order valence-electron chi connectivity index (χ2n) is 6.14. The highest BCUT2D eigenvalue weighted by Gasteiger charge is 2.23. The summed E-state index contributed by atoms with van der Waals surface area (Å²) in [7, 11) is 1.68. The molecule has 4 heteroatoms. The average molecular weight is 293 g/mol. The minimum atomic E-state index is -0.361. The van der Waals surface area contributed by atoms with Crippen molar-refractivity contribution < 1.29 is 14.3 Å². The van der Waals surface area contributed by atoms with Gasteiger partial charge >= 0.3 is 6.09 Å². The fraction of sp³-hybridized carbons (Fsp3) is 0.588. The first-order valence-corrected chi connectivity index (χ1v) is 7.41. The van der Waals surface area contributed by atoms with E-state index < -0.39 is 0 Å². The van der Waals surface area contributed by atoms with Crippen LogP contribution in [-0.2, 0) is 4.74 Å². The highest BCUT2D eigenvalue weighted by atomic mass is 16.6. The summed E-state index contributed by atoms with van der Waals surface area (Å²) in [5, 5.41) is 0. The average Bonchev–Trinajstić information content (AvgIpc) is 2.92. The Labute approximate surface area is 128 Å². The maximum absolute atomic E-state index is 11.4. The molecule has 0 radical (unpaired) electrons. The molecule has 0 saturated carbocycles. The van der Waals surface area contributed by atoms with Crippen LogP contribution in [0, 0.1) is 6.92 Å². The zero-order chi connectivity index (χ0) is 15.9. The Morgan fingerprint density at radius 3 is 2.14 bits per heavy atom. The highest BCUT2D eigenvalue weighted by Crippen LogP contribution is 2.15. The first kappa shape index (κ1) is 17.3. The molecule has 0 N–H and O–H groups in total. The van der Waals surface area contributed by atoms with Gasteiger partial charge in [-0.1, -0.05) is 18.2 Å². The van der Waals surface area contributed by atoms with Gasteiger partial charge in [-0.25, -0.2) is 4.79 Å². The predicted molar refractivity (Wildman–Crippen MR) is 84.8 cm³/mol. The van der Waals surface area contributed by atoms with Crippen molar-refractivity contribution in [1.29, 1.82) is 0 Å². The largest absolute Gasteiger partial charge is 0.496 e. The second kappa shape index (κ2) is 7.91. The van der Waals surface area contributed by atoms with Crippen LogP contribution < -0.4 is 4.74 Å². The summed E-state index contributed by atoms with van der Waals surface area (Å²) in [4.78, 5) is 13.1. The summed E-state index contributed by atoms with van der Waals surface area (Å²) >= 11 is 0. The molecule has 1 aromatic carbocycles. The van der Waals surface area contributed by atoms with Gasteiger partial charge in [0.05, 0.1) is 7.11 Å². The molecule has 21 heavy (non-hydrogen) atoms. The Balaban J connectivity index is 0.000000219. The van der Waals surface area contributed by atoms with Crippen LogP contribution in [0.1, 0.15) is 39.2 Å². The third-order valence-corrected chi connectivity index (χ3v) is 3.07. The van der Waals surface area contributed by atoms with Crippen LogP contribution in [0.5, 0.6) is 5.75 Å². The summed E-state index contributed by atoms with van der Waals surface area (Å²) in [6.45, 7) is 9.41. The SMILES string of the molecule is CC(C)(C)OC(=O)N1CCCC1.COc1ccccc1C. The van der Waals surface area contributed by atoms with Gasteiger partial charge in [-0.15, -0.1) is 0 Å². The van der Waals surface area contributed by atoms with E-state index in [9.17, 15) is 4.79 Å². The highest BCUT2D eigenvalue weighted by molar-refractivity contribution is 5.68. The number of aryl methyl sites for hydroxylation is 1. The molecular formula is C17H27NO3. The molecule has 0 atom stereocenters. The molecule has 1 saturated heterocycles. The Bertz CT molecular complexity index is 446. The lowest BCUT2D eigenvalue weighted by atomic mass is 10.2. The van der Waals surface area contributed by atoms with Crippen LogP contribution in [0.2, 0.25) is 0 Å². The molecule has 118 valence electrons. The van der Waals surface area contributed by atoms with Crippen molar-refractivity contribution in [2.45, 2.75) is 46.1 Å². The normalized spacial score (nSPS) is 14.2. The molecule has 4 nitrogen and oxygen atoms in total. The first-order valence-electron chi connectivity index (χ1n) is 7.41. The number of benzene rings is 1. The van der Waals surface area contributed by atoms with E-state index in [1.54, 1.807) is 12.0 Å². The molecule has 0 aliphatic carbocycles. The van der Waals surface area contributed by atoms with Crippen molar-refractivity contribution >= 4 is 6.09 Å². The maximum atomic E-state index is 11.4. The summed E-state index contributed by atoms with van der Waals surface area (Å²) in [5.41, 5.74) is 0.819. The van der Waals surface area contributed by atoms with Gasteiger partial charge in [0.25, 0.3) is 0 Å². The third-order valence-electron chi connectivity index (χ3n) is 3.07. The Hall–Kier alpha value is -1.71. The van der Waals surface area contributed by atoms with Gasteiger partial charge < -0.3 is 14.4 Å². The van der Waals surface area contributed by atoms with E-state index in [2.05, 4.69) is 0 Å². The number of rotatable bonds is 1. The van der Waals surface area contributed by atoms with Crippen LogP contribution in [0.25, 0.3) is 0 Å². The molecule has 0 unspecified atom stereocenters. The lowest BCUT2D eigenvalue weighted by Crippen LogP contribution is -2.34. The summed E-state index contributed by atoms with van der Waals surface area (Å²) in [6, 6.07) is 7.94. The number of carbonyl (C=O) groups excluding carboxylic acids is 1. The van der Waals surface area contributed by atoms with Crippen molar-refractivity contribution in [3.8, 4) is 5.75 Å². The Morgan fingerprint density at radius 1 is 1.14 bits per heavy atom. The molecule has 1 aromatic rings. The Morgan fingerprint density at radius 2 is 1.71 bits per heavy atom. The first-order chi connectivity index (χ1) is 9.83. The van der Waals surface area contributed by atoms with Gasteiger partial charge in [0.1, 0.15) is 11.4 Å². The van der Waals surface area contributed by atoms with Gasteiger partial charge in [0.2, 0.25) is 0 Å². The van der Waals surface area contributed by atoms with Crippen molar-refractivity contribution in [2.24, 2.45) is 0 Å². The smallest absolute Gasteiger partial charge is 0.410 e. The van der Waals surface area contributed by atoms with Gasteiger partial charge in [-0.2, -0.15) is 0 Å². The van der Waals surface area contributed by atoms with Crippen LogP contribution >= 0.6 is 0 Å². The molecule has 1 fully saturated rings. The van der Waals surface area contributed by atoms with Crippen molar-refractivity contribution in [2.75, 3.05) is 20.2 Å². The minimum Gasteiger partial charge on any atom is -0.496 e. The summed E-state index contributed by atoms with van der Waals surface area (Å²) in [5.74, 6) is 0.956. The van der Waals surface area contributed by atoms with Crippen molar-refractivity contribution in [1.82, 2.24) is 4.90 Å². The van der Waals surface area contributed by atoms with Crippen LogP contribution in [0.15, 0.2) is 24.3 Å². The van der Waals surface area contributed by atoms with E-state index in [4.69, 9.17) is 9.47 Å². The Kier molecular flexibility index (Phi) is 6.53. The number of para-hydroxylation sites is 1. The standard InChI is InChI=1S/C9H17NO2.C8H10O/c1-9(2,3)12-8(11)10-6-4-5-7-10;1-7-5-3-4-6-8(7)9-2/h4-7H2,1-3H3;3-6H,1-2H3. The maximum Gasteiger partial charge on any atom is 0.410 e. The van der Waals surface area contributed by atoms with E-state index in [0.29, 0.717) is 0 Å². The zero-order valence-electron chi connectivity index (χ0n) is 13.8.